The molecule has 0 spiro atoms. The molecule has 0 aliphatic heterocycles. The second kappa shape index (κ2) is 6.84. The van der Waals surface area contributed by atoms with Crippen LogP contribution in [0.3, 0.4) is 0 Å². The number of thiophene rings is 1. The number of nitrogens with zero attached hydrogens (tertiary/aromatic N) is 1. The first-order chi connectivity index (χ1) is 9.19. The molecule has 0 saturated heterocycles. The van der Waals surface area contributed by atoms with E-state index in [1.807, 2.05) is 11.3 Å². The lowest BCUT2D eigenvalue weighted by Crippen LogP contribution is -2.43. The van der Waals surface area contributed by atoms with E-state index in [0.717, 1.165) is 19.6 Å². The van der Waals surface area contributed by atoms with Crippen LogP contribution in [0, 0.1) is 6.92 Å². The van der Waals surface area contributed by atoms with E-state index in [1.165, 1.54) is 23.3 Å². The number of ether oxygens (including phenoxy) is 1. The lowest BCUT2D eigenvalue weighted by atomic mass is 10.0. The van der Waals surface area contributed by atoms with Gasteiger partial charge >= 0.3 is 0 Å². The smallest absolute Gasteiger partial charge is 0.0599 e. The van der Waals surface area contributed by atoms with E-state index in [0.29, 0.717) is 12.1 Å². The molecule has 1 aliphatic rings. The van der Waals surface area contributed by atoms with Gasteiger partial charge in [0.15, 0.2) is 0 Å². The van der Waals surface area contributed by atoms with Crippen LogP contribution in [0.15, 0.2) is 11.4 Å². The maximum Gasteiger partial charge on any atom is 0.0599 e. The Morgan fingerprint density at radius 1 is 1.53 bits per heavy atom. The number of hydrogen-bond acceptors (Lipinski definition) is 4. The lowest BCUT2D eigenvalue weighted by Gasteiger charge is -2.35. The molecule has 0 amide bonds. The van der Waals surface area contributed by atoms with Crippen molar-refractivity contribution in [3.63, 3.8) is 0 Å². The van der Waals surface area contributed by atoms with Gasteiger partial charge in [0.2, 0.25) is 0 Å². The number of aryl methyl sites for hydroxylation is 1. The van der Waals surface area contributed by atoms with Gasteiger partial charge in [-0.2, -0.15) is 0 Å². The Kier molecular flexibility index (Phi) is 5.39. The normalized spacial score (nSPS) is 18.8. The van der Waals surface area contributed by atoms with Gasteiger partial charge in [-0.3, -0.25) is 4.90 Å². The number of rotatable bonds is 8. The van der Waals surface area contributed by atoms with Crippen LogP contribution in [0.2, 0.25) is 0 Å². The molecule has 0 aromatic carbocycles. The average molecular weight is 282 g/mol. The zero-order valence-corrected chi connectivity index (χ0v) is 13.1. The van der Waals surface area contributed by atoms with Crippen LogP contribution in [0.1, 0.15) is 42.7 Å². The molecule has 1 aliphatic carbocycles. The van der Waals surface area contributed by atoms with E-state index in [2.05, 4.69) is 30.2 Å². The molecule has 2 rings (SSSR count). The Bertz CT molecular complexity index is 389. The predicted molar refractivity (Wildman–Crippen MR) is 81.7 cm³/mol. The molecule has 0 radical (unpaired) electrons. The van der Waals surface area contributed by atoms with Crippen molar-refractivity contribution in [2.24, 2.45) is 5.73 Å². The second-order valence-electron chi connectivity index (χ2n) is 5.45. The predicted octanol–water partition coefficient (Wildman–Crippen LogP) is 2.95. The fourth-order valence-corrected chi connectivity index (χ4v) is 3.78. The summed E-state index contributed by atoms with van der Waals surface area (Å²) in [6, 6.07) is 3.47. The Morgan fingerprint density at radius 2 is 2.26 bits per heavy atom. The van der Waals surface area contributed by atoms with Crippen molar-refractivity contribution in [2.45, 2.75) is 51.2 Å². The molecule has 2 unspecified atom stereocenters. The van der Waals surface area contributed by atoms with Gasteiger partial charge < -0.3 is 10.5 Å². The number of nitrogens with two attached hydrogens (primary N) is 1. The average Bonchev–Trinajstić information content (AvgIpc) is 3.17. The van der Waals surface area contributed by atoms with Crippen molar-refractivity contribution in [3.05, 3.63) is 21.9 Å². The Morgan fingerprint density at radius 3 is 2.74 bits per heavy atom. The molecule has 108 valence electrons. The van der Waals surface area contributed by atoms with Gasteiger partial charge in [-0.15, -0.1) is 11.3 Å². The van der Waals surface area contributed by atoms with Gasteiger partial charge in [0, 0.05) is 30.6 Å². The quantitative estimate of drug-likeness (QED) is 0.796. The summed E-state index contributed by atoms with van der Waals surface area (Å²) in [5, 5.41) is 2.18. The summed E-state index contributed by atoms with van der Waals surface area (Å²) >= 11 is 1.85. The molecule has 1 heterocycles. The van der Waals surface area contributed by atoms with Crippen molar-refractivity contribution >= 4 is 11.3 Å². The summed E-state index contributed by atoms with van der Waals surface area (Å²) in [5.74, 6) is 0. The third-order valence-corrected chi connectivity index (χ3v) is 5.06. The maximum absolute atomic E-state index is 6.44. The van der Waals surface area contributed by atoms with Crippen LogP contribution in [-0.4, -0.2) is 37.2 Å². The highest BCUT2D eigenvalue weighted by Crippen LogP contribution is 2.39. The van der Waals surface area contributed by atoms with Crippen LogP contribution in [0.25, 0.3) is 0 Å². The van der Waals surface area contributed by atoms with Crippen molar-refractivity contribution < 1.29 is 4.74 Å². The fraction of sp³-hybridized carbons (Fsp3) is 0.733. The third-order valence-electron chi connectivity index (χ3n) is 3.97. The summed E-state index contributed by atoms with van der Waals surface area (Å²) < 4.78 is 5.28. The monoisotopic (exact) mass is 282 g/mol. The molecular weight excluding hydrogens is 256 g/mol. The topological polar surface area (TPSA) is 38.5 Å². The maximum atomic E-state index is 6.44. The minimum Gasteiger partial charge on any atom is -0.383 e. The van der Waals surface area contributed by atoms with Crippen LogP contribution in [0.4, 0.5) is 0 Å². The van der Waals surface area contributed by atoms with Gasteiger partial charge in [-0.05, 0) is 43.2 Å². The molecule has 1 aromatic rings. The molecule has 0 bridgehead atoms. The molecule has 1 fully saturated rings. The van der Waals surface area contributed by atoms with Gasteiger partial charge in [0.1, 0.15) is 0 Å². The molecule has 2 atom stereocenters. The molecule has 4 heteroatoms. The van der Waals surface area contributed by atoms with Crippen molar-refractivity contribution in [1.29, 1.82) is 0 Å². The van der Waals surface area contributed by atoms with E-state index in [1.54, 1.807) is 7.11 Å². The number of methoxy groups -OCH3 is 1. The molecule has 1 saturated carbocycles. The first-order valence-corrected chi connectivity index (χ1v) is 8.11. The zero-order chi connectivity index (χ0) is 13.8. The van der Waals surface area contributed by atoms with Crippen LogP contribution < -0.4 is 5.73 Å². The molecule has 3 nitrogen and oxygen atoms in total. The second-order valence-corrected chi connectivity index (χ2v) is 6.39. The lowest BCUT2D eigenvalue weighted by molar-refractivity contribution is 0.102. The molecule has 1 aromatic heterocycles. The Balaban J connectivity index is 2.22. The minimum absolute atomic E-state index is 0.204. The standard InChI is InChI=1S/C15H26N2OS/c1-4-13(16)14(15-11(2)7-10-19-15)17(8-9-18-3)12-5-6-12/h7,10,12-14H,4-6,8-9,16H2,1-3H3. The Labute approximate surface area is 120 Å². The van der Waals surface area contributed by atoms with E-state index in [4.69, 9.17) is 10.5 Å². The SMILES string of the molecule is CCC(N)C(c1sccc1C)N(CCOC)C1CC1. The van der Waals surface area contributed by atoms with Gasteiger partial charge in [0.25, 0.3) is 0 Å². The zero-order valence-electron chi connectivity index (χ0n) is 12.3. The van der Waals surface area contributed by atoms with Crippen molar-refractivity contribution in [3.8, 4) is 0 Å². The molecular formula is C15H26N2OS. The van der Waals surface area contributed by atoms with Gasteiger partial charge in [-0.1, -0.05) is 6.92 Å². The fourth-order valence-electron chi connectivity index (χ4n) is 2.65. The largest absolute Gasteiger partial charge is 0.383 e. The summed E-state index contributed by atoms with van der Waals surface area (Å²) in [7, 11) is 1.77. The van der Waals surface area contributed by atoms with Crippen LogP contribution in [-0.2, 0) is 4.74 Å². The van der Waals surface area contributed by atoms with E-state index >= 15 is 0 Å². The molecule has 19 heavy (non-hydrogen) atoms. The molecule has 2 N–H and O–H groups in total. The highest BCUT2D eigenvalue weighted by atomic mass is 32.1. The van der Waals surface area contributed by atoms with Crippen molar-refractivity contribution in [1.82, 2.24) is 4.90 Å². The van der Waals surface area contributed by atoms with Crippen LogP contribution in [0.5, 0.6) is 0 Å². The Hall–Kier alpha value is -0.420. The van der Waals surface area contributed by atoms with E-state index < -0.39 is 0 Å². The third kappa shape index (κ3) is 3.57. The summed E-state index contributed by atoms with van der Waals surface area (Å²) in [4.78, 5) is 4.02. The first kappa shape index (κ1) is 15.0. The summed E-state index contributed by atoms with van der Waals surface area (Å²) in [6.07, 6.45) is 3.63. The highest BCUT2D eigenvalue weighted by molar-refractivity contribution is 7.10. The van der Waals surface area contributed by atoms with Crippen LogP contribution >= 0.6 is 11.3 Å². The first-order valence-electron chi connectivity index (χ1n) is 7.23. The van der Waals surface area contributed by atoms with E-state index in [-0.39, 0.29) is 6.04 Å². The summed E-state index contributed by atoms with van der Waals surface area (Å²) in [6.45, 7) is 6.15. The van der Waals surface area contributed by atoms with E-state index in [9.17, 15) is 0 Å². The summed E-state index contributed by atoms with van der Waals surface area (Å²) in [5.41, 5.74) is 7.82. The number of hydrogen-bond donors (Lipinski definition) is 1. The van der Waals surface area contributed by atoms with Gasteiger partial charge in [-0.25, -0.2) is 0 Å². The van der Waals surface area contributed by atoms with Crippen molar-refractivity contribution in [2.75, 3.05) is 20.3 Å². The minimum atomic E-state index is 0.204. The van der Waals surface area contributed by atoms with Gasteiger partial charge in [0.05, 0.1) is 12.6 Å². The highest BCUT2D eigenvalue weighted by Gasteiger charge is 2.37.